The molecule has 6 aromatic rings. The van der Waals surface area contributed by atoms with E-state index in [2.05, 4.69) is 9.95 Å². The molecule has 0 amide bonds. The Balaban J connectivity index is 1.42. The summed E-state index contributed by atoms with van der Waals surface area (Å²) >= 11 is 7.98. The van der Waals surface area contributed by atoms with Crippen molar-refractivity contribution in [1.29, 1.82) is 0 Å². The van der Waals surface area contributed by atoms with Crippen LogP contribution in [0.1, 0.15) is 22.3 Å². The van der Waals surface area contributed by atoms with Crippen LogP contribution in [0.25, 0.3) is 21.0 Å². The summed E-state index contributed by atoms with van der Waals surface area (Å²) in [6, 6.07) is 29.7. The van der Waals surface area contributed by atoms with E-state index in [9.17, 15) is 9.90 Å². The third-order valence-electron chi connectivity index (χ3n) is 6.80. The fraction of sp³-hybridized carbons (Fsp3) is 0.121. The molecule has 0 aliphatic rings. The number of aliphatic carboxylic acids is 1. The highest BCUT2D eigenvalue weighted by molar-refractivity contribution is 7.17. The maximum Gasteiger partial charge on any atom is 0.307 e. The third-order valence-corrected chi connectivity index (χ3v) is 8.05. The van der Waals surface area contributed by atoms with Crippen molar-refractivity contribution in [2.24, 2.45) is 0 Å². The first-order valence-electron chi connectivity index (χ1n) is 12.9. The Kier molecular flexibility index (Phi) is 7.45. The number of thiophene rings is 1. The number of benzene rings is 4. The Labute approximate surface area is 240 Å². The first-order chi connectivity index (χ1) is 19.5. The van der Waals surface area contributed by atoms with Gasteiger partial charge in [0, 0.05) is 33.9 Å². The molecule has 2 heterocycles. The predicted molar refractivity (Wildman–Crippen MR) is 161 cm³/mol. The minimum Gasteiger partial charge on any atom is -0.485 e. The zero-order chi connectivity index (χ0) is 27.5. The van der Waals surface area contributed by atoms with Crippen LogP contribution < -0.4 is 9.47 Å². The number of carbonyl (C=O) groups is 1. The smallest absolute Gasteiger partial charge is 0.307 e. The standard InChI is InChI=1S/C33H26ClNO4S/c34-26-11-12-32-28(14-26)25(21-40-32)18-35-17-24(13-33(36)37)27-15-30(38-19-22-7-3-1-4-8-22)31(16-29(27)35)39-20-23-9-5-2-6-10-23/h1-12,14-17,21H,13,18-20H2,(H,36,37). The van der Waals surface area contributed by atoms with E-state index in [1.807, 2.05) is 97.2 Å². The van der Waals surface area contributed by atoms with Gasteiger partial charge < -0.3 is 19.1 Å². The van der Waals surface area contributed by atoms with Gasteiger partial charge in [-0.25, -0.2) is 0 Å². The molecule has 7 heteroatoms. The van der Waals surface area contributed by atoms with Crippen LogP contribution in [0.5, 0.6) is 11.5 Å². The largest absolute Gasteiger partial charge is 0.485 e. The molecule has 40 heavy (non-hydrogen) atoms. The molecular formula is C33H26ClNO4S. The van der Waals surface area contributed by atoms with E-state index in [4.69, 9.17) is 21.1 Å². The summed E-state index contributed by atoms with van der Waals surface area (Å²) in [5, 5.41) is 14.4. The van der Waals surface area contributed by atoms with Crippen LogP contribution in [-0.4, -0.2) is 15.6 Å². The first kappa shape index (κ1) is 26.0. The van der Waals surface area contributed by atoms with Crippen molar-refractivity contribution in [3.05, 3.63) is 130 Å². The zero-order valence-corrected chi connectivity index (χ0v) is 23.1. The highest BCUT2D eigenvalue weighted by atomic mass is 35.5. The number of carboxylic acids is 1. The van der Waals surface area contributed by atoms with Crippen LogP contribution in [0.15, 0.2) is 103 Å². The molecule has 0 unspecified atom stereocenters. The topological polar surface area (TPSA) is 60.7 Å². The number of ether oxygens (including phenoxy) is 2. The minimum absolute atomic E-state index is 0.0952. The van der Waals surface area contributed by atoms with Crippen molar-refractivity contribution in [2.45, 2.75) is 26.2 Å². The van der Waals surface area contributed by atoms with E-state index in [0.717, 1.165) is 43.2 Å². The molecule has 1 N–H and O–H groups in total. The van der Waals surface area contributed by atoms with Gasteiger partial charge in [-0.15, -0.1) is 11.3 Å². The Hall–Kier alpha value is -4.26. The van der Waals surface area contributed by atoms with Gasteiger partial charge in [0.2, 0.25) is 0 Å². The van der Waals surface area contributed by atoms with Gasteiger partial charge in [-0.1, -0.05) is 72.3 Å². The van der Waals surface area contributed by atoms with Gasteiger partial charge in [-0.2, -0.15) is 0 Å². The average molecular weight is 568 g/mol. The number of aromatic nitrogens is 1. The van der Waals surface area contributed by atoms with Crippen LogP contribution in [0, 0.1) is 0 Å². The molecule has 6 rings (SSSR count). The van der Waals surface area contributed by atoms with Gasteiger partial charge in [-0.3, -0.25) is 4.79 Å². The Bertz CT molecular complexity index is 1790. The van der Waals surface area contributed by atoms with Crippen LogP contribution in [0.4, 0.5) is 0 Å². The molecule has 0 radical (unpaired) electrons. The number of rotatable bonds is 10. The van der Waals surface area contributed by atoms with Crippen molar-refractivity contribution in [3.8, 4) is 11.5 Å². The quantitative estimate of drug-likeness (QED) is 0.181. The number of nitrogens with zero attached hydrogens (tertiary/aromatic N) is 1. The fourth-order valence-electron chi connectivity index (χ4n) is 4.86. The Morgan fingerprint density at radius 3 is 2.10 bits per heavy atom. The lowest BCUT2D eigenvalue weighted by molar-refractivity contribution is -0.136. The molecule has 0 atom stereocenters. The lowest BCUT2D eigenvalue weighted by atomic mass is 10.1. The van der Waals surface area contributed by atoms with Crippen LogP contribution in [-0.2, 0) is 31.0 Å². The van der Waals surface area contributed by atoms with Crippen LogP contribution >= 0.6 is 22.9 Å². The molecule has 0 fully saturated rings. The molecular weight excluding hydrogens is 542 g/mol. The second kappa shape index (κ2) is 11.5. The van der Waals surface area contributed by atoms with Gasteiger partial charge in [-0.05, 0) is 57.3 Å². The highest BCUT2D eigenvalue weighted by Crippen LogP contribution is 2.38. The first-order valence-corrected chi connectivity index (χ1v) is 14.2. The number of carboxylic acid groups (broad SMARTS) is 1. The molecule has 0 bridgehead atoms. The fourth-order valence-corrected chi connectivity index (χ4v) is 5.97. The van der Waals surface area contributed by atoms with E-state index < -0.39 is 5.97 Å². The van der Waals surface area contributed by atoms with E-state index in [1.54, 1.807) is 11.3 Å². The zero-order valence-electron chi connectivity index (χ0n) is 21.5. The summed E-state index contributed by atoms with van der Waals surface area (Å²) < 4.78 is 15.8. The van der Waals surface area contributed by atoms with Crippen molar-refractivity contribution in [3.63, 3.8) is 0 Å². The summed E-state index contributed by atoms with van der Waals surface area (Å²) in [5.41, 5.74) is 4.80. The Morgan fingerprint density at radius 1 is 0.800 bits per heavy atom. The van der Waals surface area contributed by atoms with Crippen molar-refractivity contribution < 1.29 is 19.4 Å². The van der Waals surface area contributed by atoms with E-state index in [1.165, 1.54) is 0 Å². The maximum absolute atomic E-state index is 11.8. The summed E-state index contributed by atoms with van der Waals surface area (Å²) in [7, 11) is 0. The monoisotopic (exact) mass is 567 g/mol. The normalized spacial score (nSPS) is 11.2. The summed E-state index contributed by atoms with van der Waals surface area (Å²) in [6.45, 7) is 1.31. The van der Waals surface area contributed by atoms with Crippen molar-refractivity contribution in [2.75, 3.05) is 0 Å². The number of hydrogen-bond donors (Lipinski definition) is 1. The van der Waals surface area contributed by atoms with Gasteiger partial charge >= 0.3 is 5.97 Å². The number of hydrogen-bond acceptors (Lipinski definition) is 4. The summed E-state index contributed by atoms with van der Waals surface area (Å²) in [6.07, 6.45) is 1.83. The summed E-state index contributed by atoms with van der Waals surface area (Å²) in [5.74, 6) is 0.291. The second-order valence-electron chi connectivity index (χ2n) is 9.62. The van der Waals surface area contributed by atoms with E-state index in [-0.39, 0.29) is 6.42 Å². The SMILES string of the molecule is O=C(O)Cc1cn(Cc2csc3ccc(Cl)cc23)c2cc(OCc3ccccc3)c(OCc3ccccc3)cc12. The molecule has 2 aromatic heterocycles. The van der Waals surface area contributed by atoms with Crippen LogP contribution in [0.3, 0.4) is 0 Å². The molecule has 5 nitrogen and oxygen atoms in total. The molecule has 0 saturated heterocycles. The van der Waals surface area contributed by atoms with E-state index >= 15 is 0 Å². The number of halogens is 1. The highest BCUT2D eigenvalue weighted by Gasteiger charge is 2.18. The third kappa shape index (κ3) is 5.69. The minimum atomic E-state index is -0.886. The molecule has 0 spiro atoms. The lowest BCUT2D eigenvalue weighted by Crippen LogP contribution is -2.02. The van der Waals surface area contributed by atoms with Gasteiger partial charge in [0.25, 0.3) is 0 Å². The number of fused-ring (bicyclic) bond motifs is 2. The van der Waals surface area contributed by atoms with Gasteiger partial charge in [0.05, 0.1) is 11.9 Å². The molecule has 4 aromatic carbocycles. The van der Waals surface area contributed by atoms with Crippen molar-refractivity contribution in [1.82, 2.24) is 4.57 Å². The molecule has 0 saturated carbocycles. The van der Waals surface area contributed by atoms with Gasteiger partial charge in [0.1, 0.15) is 13.2 Å². The molecule has 0 aliphatic heterocycles. The summed E-state index contributed by atoms with van der Waals surface area (Å²) in [4.78, 5) is 11.8. The van der Waals surface area contributed by atoms with Crippen LogP contribution in [0.2, 0.25) is 5.02 Å². The Morgan fingerprint density at radius 2 is 1.45 bits per heavy atom. The average Bonchev–Trinajstić information content (AvgIpc) is 3.51. The van der Waals surface area contributed by atoms with E-state index in [0.29, 0.717) is 36.3 Å². The van der Waals surface area contributed by atoms with Gasteiger partial charge in [0.15, 0.2) is 11.5 Å². The predicted octanol–water partition coefficient (Wildman–Crippen LogP) is 8.34. The maximum atomic E-state index is 11.8. The molecule has 200 valence electrons. The van der Waals surface area contributed by atoms with Crippen molar-refractivity contribution >= 4 is 49.9 Å². The lowest BCUT2D eigenvalue weighted by Gasteiger charge is -2.15. The molecule has 0 aliphatic carbocycles. The second-order valence-corrected chi connectivity index (χ2v) is 11.0.